The van der Waals surface area contributed by atoms with Gasteiger partial charge in [-0.25, -0.2) is 0 Å². The van der Waals surface area contributed by atoms with Crippen molar-refractivity contribution < 1.29 is 22.7 Å². The number of amides is 1. The zero-order valence-electron chi connectivity index (χ0n) is 12.4. The smallest absolute Gasteiger partial charge is 0.373 e. The minimum Gasteiger partial charge on any atom is -0.373 e. The fourth-order valence-corrected chi connectivity index (χ4v) is 2.63. The van der Waals surface area contributed by atoms with Crippen molar-refractivity contribution in [1.29, 1.82) is 0 Å². The Morgan fingerprint density at radius 2 is 2.05 bits per heavy atom. The molecule has 0 bridgehead atoms. The van der Waals surface area contributed by atoms with Crippen LogP contribution in [0.4, 0.5) is 13.2 Å². The molecule has 1 saturated heterocycles. The van der Waals surface area contributed by atoms with Crippen LogP contribution in [0.15, 0.2) is 0 Å². The van der Waals surface area contributed by atoms with E-state index in [1.807, 2.05) is 7.05 Å². The summed E-state index contributed by atoms with van der Waals surface area (Å²) in [6.07, 6.45) is -3.33. The lowest BCUT2D eigenvalue weighted by atomic mass is 10.2. The van der Waals surface area contributed by atoms with Gasteiger partial charge in [-0.1, -0.05) is 0 Å². The van der Waals surface area contributed by atoms with Crippen molar-refractivity contribution in [2.24, 2.45) is 5.92 Å². The van der Waals surface area contributed by atoms with E-state index in [0.717, 1.165) is 19.0 Å². The van der Waals surface area contributed by atoms with Gasteiger partial charge in [0.1, 0.15) is 0 Å². The molecule has 0 N–H and O–H groups in total. The largest absolute Gasteiger partial charge is 0.389 e. The van der Waals surface area contributed by atoms with Crippen LogP contribution in [0.2, 0.25) is 0 Å². The van der Waals surface area contributed by atoms with Gasteiger partial charge in [0.25, 0.3) is 0 Å². The van der Waals surface area contributed by atoms with Gasteiger partial charge in [0.05, 0.1) is 19.1 Å². The number of morpholine rings is 1. The van der Waals surface area contributed by atoms with Gasteiger partial charge in [-0.05, 0) is 25.8 Å². The Labute approximate surface area is 123 Å². The molecule has 2 rings (SSSR count). The molecule has 1 saturated carbocycles. The average molecular weight is 308 g/mol. The maximum absolute atomic E-state index is 12.2. The molecule has 122 valence electrons. The first-order valence-electron chi connectivity index (χ1n) is 7.48. The minimum absolute atomic E-state index is 0.0997. The predicted molar refractivity (Wildman–Crippen MR) is 71.8 cm³/mol. The number of alkyl halides is 3. The predicted octanol–water partition coefficient (Wildman–Crippen LogP) is 1.90. The Kier molecular flexibility index (Phi) is 5.48. The topological polar surface area (TPSA) is 32.8 Å². The third-order valence-electron chi connectivity index (χ3n) is 3.90. The van der Waals surface area contributed by atoms with Crippen molar-refractivity contribution in [3.8, 4) is 0 Å². The van der Waals surface area contributed by atoms with E-state index in [2.05, 4.69) is 4.90 Å². The summed E-state index contributed by atoms with van der Waals surface area (Å²) in [5, 5.41) is 0. The van der Waals surface area contributed by atoms with Crippen LogP contribution in [0, 0.1) is 5.92 Å². The number of nitrogens with zero attached hydrogens (tertiary/aromatic N) is 2. The molecule has 0 unspecified atom stereocenters. The zero-order chi connectivity index (χ0) is 15.5. The summed E-state index contributed by atoms with van der Waals surface area (Å²) in [5.74, 6) is 0.355. The molecular weight excluding hydrogens is 285 g/mol. The molecule has 0 aromatic rings. The van der Waals surface area contributed by atoms with E-state index in [0.29, 0.717) is 19.7 Å². The highest BCUT2D eigenvalue weighted by atomic mass is 19.4. The van der Waals surface area contributed by atoms with Gasteiger partial charge in [0.2, 0.25) is 5.91 Å². The molecule has 4 nitrogen and oxygen atoms in total. The van der Waals surface area contributed by atoms with Gasteiger partial charge < -0.3 is 14.5 Å². The molecule has 1 heterocycles. The third kappa shape index (κ3) is 6.22. The van der Waals surface area contributed by atoms with Gasteiger partial charge in [-0.15, -0.1) is 0 Å². The van der Waals surface area contributed by atoms with E-state index < -0.39 is 24.9 Å². The molecule has 0 aromatic carbocycles. The standard InChI is InChI=1S/C14H23F3N2O2/c1-18(8-11-2-3-11)9-12-10-19(6-7-21-12)13(20)4-5-14(15,16)17/h11-12H,2-10H2,1H3/t12-/m0/s1. The number of halogens is 3. The van der Waals surface area contributed by atoms with Crippen molar-refractivity contribution in [3.63, 3.8) is 0 Å². The maximum atomic E-state index is 12.2. The number of carbonyl (C=O) groups is 1. The van der Waals surface area contributed by atoms with Crippen molar-refractivity contribution in [3.05, 3.63) is 0 Å². The quantitative estimate of drug-likeness (QED) is 0.751. The summed E-state index contributed by atoms with van der Waals surface area (Å²) in [6.45, 7) is 2.94. The molecule has 1 aliphatic heterocycles. The number of rotatable bonds is 6. The number of hydrogen-bond donors (Lipinski definition) is 0. The monoisotopic (exact) mass is 308 g/mol. The highest BCUT2D eigenvalue weighted by Gasteiger charge is 2.31. The van der Waals surface area contributed by atoms with Crippen molar-refractivity contribution in [1.82, 2.24) is 9.80 Å². The number of ether oxygens (including phenoxy) is 1. The zero-order valence-corrected chi connectivity index (χ0v) is 12.4. The van der Waals surface area contributed by atoms with Gasteiger partial charge in [0.15, 0.2) is 0 Å². The lowest BCUT2D eigenvalue weighted by Gasteiger charge is -2.35. The molecular formula is C14H23F3N2O2. The van der Waals surface area contributed by atoms with Crippen LogP contribution in [0.25, 0.3) is 0 Å². The van der Waals surface area contributed by atoms with E-state index >= 15 is 0 Å². The van der Waals surface area contributed by atoms with Gasteiger partial charge >= 0.3 is 6.18 Å². The average Bonchev–Trinajstić information content (AvgIpc) is 3.19. The number of likely N-dealkylation sites (N-methyl/N-ethyl adjacent to an activating group) is 1. The highest BCUT2D eigenvalue weighted by Crippen LogP contribution is 2.29. The van der Waals surface area contributed by atoms with Crippen LogP contribution in [0.5, 0.6) is 0 Å². The van der Waals surface area contributed by atoms with Gasteiger partial charge in [0, 0.05) is 32.6 Å². The van der Waals surface area contributed by atoms with Crippen molar-refractivity contribution >= 4 is 5.91 Å². The lowest BCUT2D eigenvalue weighted by Crippen LogP contribution is -2.49. The summed E-state index contributed by atoms with van der Waals surface area (Å²) in [4.78, 5) is 15.5. The summed E-state index contributed by atoms with van der Waals surface area (Å²) in [6, 6.07) is 0. The number of carbonyl (C=O) groups excluding carboxylic acids is 1. The first-order valence-corrected chi connectivity index (χ1v) is 7.48. The Morgan fingerprint density at radius 1 is 1.33 bits per heavy atom. The Bertz CT molecular complexity index is 359. The Hall–Kier alpha value is -0.820. The van der Waals surface area contributed by atoms with Crippen LogP contribution in [0.1, 0.15) is 25.7 Å². The second-order valence-corrected chi connectivity index (χ2v) is 6.11. The molecule has 0 aromatic heterocycles. The van der Waals surface area contributed by atoms with Crippen LogP contribution in [-0.2, 0) is 9.53 Å². The van der Waals surface area contributed by atoms with Crippen LogP contribution < -0.4 is 0 Å². The van der Waals surface area contributed by atoms with E-state index in [1.165, 1.54) is 17.7 Å². The van der Waals surface area contributed by atoms with Gasteiger partial charge in [-0.2, -0.15) is 13.2 Å². The molecule has 0 radical (unpaired) electrons. The maximum Gasteiger partial charge on any atom is 0.389 e. The third-order valence-corrected chi connectivity index (χ3v) is 3.90. The molecule has 2 fully saturated rings. The van der Waals surface area contributed by atoms with E-state index in [4.69, 9.17) is 4.74 Å². The number of hydrogen-bond acceptors (Lipinski definition) is 3. The molecule has 1 aliphatic carbocycles. The van der Waals surface area contributed by atoms with Crippen LogP contribution in [0.3, 0.4) is 0 Å². The van der Waals surface area contributed by atoms with Crippen molar-refractivity contribution in [2.45, 2.75) is 38.0 Å². The minimum atomic E-state index is -4.27. The molecule has 1 atom stereocenters. The first kappa shape index (κ1) is 16.5. The van der Waals surface area contributed by atoms with Crippen LogP contribution >= 0.6 is 0 Å². The fraction of sp³-hybridized carbons (Fsp3) is 0.929. The van der Waals surface area contributed by atoms with Crippen molar-refractivity contribution in [2.75, 3.05) is 39.8 Å². The normalized spacial score (nSPS) is 23.7. The first-order chi connectivity index (χ1) is 9.83. The molecule has 0 spiro atoms. The Morgan fingerprint density at radius 3 is 2.67 bits per heavy atom. The van der Waals surface area contributed by atoms with E-state index in [1.54, 1.807) is 0 Å². The fourth-order valence-electron chi connectivity index (χ4n) is 2.63. The summed E-state index contributed by atoms with van der Waals surface area (Å²) in [5.41, 5.74) is 0. The van der Waals surface area contributed by atoms with Gasteiger partial charge in [-0.3, -0.25) is 4.79 Å². The molecule has 2 aliphatic rings. The summed E-state index contributed by atoms with van der Waals surface area (Å²) in [7, 11) is 2.02. The summed E-state index contributed by atoms with van der Waals surface area (Å²) < 4.78 is 42.1. The lowest BCUT2D eigenvalue weighted by molar-refractivity contribution is -0.153. The van der Waals surface area contributed by atoms with Crippen LogP contribution in [-0.4, -0.2) is 67.8 Å². The second kappa shape index (κ2) is 6.96. The highest BCUT2D eigenvalue weighted by molar-refractivity contribution is 5.76. The van der Waals surface area contributed by atoms with E-state index in [9.17, 15) is 18.0 Å². The molecule has 7 heteroatoms. The molecule has 1 amide bonds. The van der Waals surface area contributed by atoms with E-state index in [-0.39, 0.29) is 6.10 Å². The second-order valence-electron chi connectivity index (χ2n) is 6.11. The molecule has 21 heavy (non-hydrogen) atoms. The SMILES string of the molecule is CN(CC1CC1)C[C@H]1CN(C(=O)CCC(F)(F)F)CCO1. The Balaban J connectivity index is 1.72. The summed E-state index contributed by atoms with van der Waals surface area (Å²) >= 11 is 0.